The van der Waals surface area contributed by atoms with E-state index in [0.29, 0.717) is 5.92 Å². The van der Waals surface area contributed by atoms with Gasteiger partial charge in [0.05, 0.1) is 0 Å². The van der Waals surface area contributed by atoms with Crippen LogP contribution in [0.5, 0.6) is 5.75 Å². The number of hydrogen-bond acceptors (Lipinski definition) is 3. The molecule has 1 unspecified atom stereocenters. The zero-order valence-corrected chi connectivity index (χ0v) is 29.7. The molecule has 3 heteroatoms. The van der Waals surface area contributed by atoms with E-state index in [-0.39, 0.29) is 6.10 Å². The maximum absolute atomic E-state index is 6.35. The molecule has 3 nitrogen and oxygen atoms in total. The minimum Gasteiger partial charge on any atom is -0.490 e. The molecule has 3 aromatic rings. The second-order valence-corrected chi connectivity index (χ2v) is 13.2. The number of piperidine rings is 1. The average Bonchev–Trinajstić information content (AvgIpc) is 3.86. The molecule has 2 aliphatic heterocycles. The van der Waals surface area contributed by atoms with Crippen LogP contribution < -0.4 is 4.74 Å². The fourth-order valence-corrected chi connectivity index (χ4v) is 6.95. The molecule has 0 amide bonds. The summed E-state index contributed by atoms with van der Waals surface area (Å²) < 4.78 is 6.35. The van der Waals surface area contributed by atoms with E-state index in [1.54, 1.807) is 5.57 Å². The number of rotatable bonds is 11. The topological polar surface area (TPSA) is 15.7 Å². The Morgan fingerprint density at radius 2 is 1.43 bits per heavy atom. The zero-order valence-electron chi connectivity index (χ0n) is 29.7. The summed E-state index contributed by atoms with van der Waals surface area (Å²) in [4.78, 5) is 5.25. The first-order valence-corrected chi connectivity index (χ1v) is 18.4. The molecule has 6 rings (SSSR count). The summed E-state index contributed by atoms with van der Waals surface area (Å²) in [6.07, 6.45) is 16.7. The zero-order chi connectivity index (χ0) is 33.3. The van der Waals surface area contributed by atoms with Gasteiger partial charge in [-0.05, 0) is 98.0 Å². The molecular formula is C44H60N2O. The second-order valence-electron chi connectivity index (χ2n) is 13.2. The fourth-order valence-electron chi connectivity index (χ4n) is 6.95. The Labute approximate surface area is 287 Å². The first kappa shape index (κ1) is 36.4. The molecule has 3 aromatic carbocycles. The van der Waals surface area contributed by atoms with Crippen molar-refractivity contribution in [3.05, 3.63) is 132 Å². The Hall–Kier alpha value is -3.40. The van der Waals surface area contributed by atoms with Crippen molar-refractivity contribution < 1.29 is 4.74 Å². The first-order valence-electron chi connectivity index (χ1n) is 18.4. The van der Waals surface area contributed by atoms with Gasteiger partial charge < -0.3 is 9.64 Å². The van der Waals surface area contributed by atoms with Gasteiger partial charge in [0.25, 0.3) is 0 Å². The lowest BCUT2D eigenvalue weighted by atomic mass is 9.90. The van der Waals surface area contributed by atoms with Crippen LogP contribution in [0.15, 0.2) is 115 Å². The maximum Gasteiger partial charge on any atom is 0.120 e. The van der Waals surface area contributed by atoms with Gasteiger partial charge in [-0.3, -0.25) is 4.90 Å². The van der Waals surface area contributed by atoms with E-state index >= 15 is 0 Å². The van der Waals surface area contributed by atoms with Crippen molar-refractivity contribution in [2.45, 2.75) is 97.1 Å². The van der Waals surface area contributed by atoms with Crippen molar-refractivity contribution in [3.8, 4) is 5.75 Å². The normalized spacial score (nSPS) is 17.3. The largest absolute Gasteiger partial charge is 0.490 e. The quantitative estimate of drug-likeness (QED) is 0.209. The molecular weight excluding hydrogens is 572 g/mol. The van der Waals surface area contributed by atoms with Crippen LogP contribution in [-0.2, 0) is 0 Å². The number of ether oxygens (including phenoxy) is 1. The molecule has 1 aliphatic carbocycles. The Bertz CT molecular complexity index is 1320. The monoisotopic (exact) mass is 632 g/mol. The number of hydrogen-bond donors (Lipinski definition) is 0. The van der Waals surface area contributed by atoms with E-state index in [2.05, 4.69) is 147 Å². The summed E-state index contributed by atoms with van der Waals surface area (Å²) in [6.45, 7) is 18.7. The molecule has 0 aromatic heterocycles. The predicted molar refractivity (Wildman–Crippen MR) is 203 cm³/mol. The number of allylic oxidation sites excluding steroid dienone is 4. The summed E-state index contributed by atoms with van der Waals surface area (Å²) in [6, 6.07) is 30.9. The minimum atomic E-state index is 0.285. The first-order chi connectivity index (χ1) is 23.1. The Kier molecular flexibility index (Phi) is 15.6. The number of nitrogens with zero attached hydrogens (tertiary/aromatic N) is 2. The molecule has 1 atom stereocenters. The van der Waals surface area contributed by atoms with Crippen LogP contribution in [0.25, 0.3) is 5.57 Å². The van der Waals surface area contributed by atoms with Crippen molar-refractivity contribution in [2.24, 2.45) is 0 Å². The van der Waals surface area contributed by atoms with Crippen molar-refractivity contribution in [1.29, 1.82) is 0 Å². The van der Waals surface area contributed by atoms with Gasteiger partial charge in [-0.25, -0.2) is 0 Å². The van der Waals surface area contributed by atoms with Gasteiger partial charge in [-0.15, -0.1) is 0 Å². The number of likely N-dealkylation sites (tertiary alicyclic amines) is 2. The van der Waals surface area contributed by atoms with Crippen LogP contribution in [0.3, 0.4) is 0 Å². The lowest BCUT2D eigenvalue weighted by Gasteiger charge is -2.34. The molecule has 2 saturated heterocycles. The van der Waals surface area contributed by atoms with E-state index in [4.69, 9.17) is 4.74 Å². The van der Waals surface area contributed by atoms with Crippen LogP contribution >= 0.6 is 0 Å². The third-order valence-corrected chi connectivity index (χ3v) is 9.55. The van der Waals surface area contributed by atoms with Crippen LogP contribution in [0.1, 0.15) is 102 Å². The Morgan fingerprint density at radius 3 is 1.96 bits per heavy atom. The third kappa shape index (κ3) is 11.4. The van der Waals surface area contributed by atoms with Gasteiger partial charge in [0, 0.05) is 31.6 Å². The molecule has 2 fully saturated rings. The van der Waals surface area contributed by atoms with Crippen molar-refractivity contribution in [3.63, 3.8) is 0 Å². The van der Waals surface area contributed by atoms with E-state index in [1.165, 1.54) is 61.9 Å². The van der Waals surface area contributed by atoms with Gasteiger partial charge in [0.15, 0.2) is 0 Å². The van der Waals surface area contributed by atoms with Crippen LogP contribution in [-0.4, -0.2) is 54.7 Å². The molecule has 2 heterocycles. The molecule has 0 saturated carbocycles. The third-order valence-electron chi connectivity index (χ3n) is 9.55. The molecule has 0 bridgehead atoms. The molecule has 0 N–H and O–H groups in total. The lowest BCUT2D eigenvalue weighted by Crippen LogP contribution is -2.40. The second kappa shape index (κ2) is 20.1. The smallest absolute Gasteiger partial charge is 0.120 e. The van der Waals surface area contributed by atoms with Crippen LogP contribution in [0.2, 0.25) is 0 Å². The van der Waals surface area contributed by atoms with Gasteiger partial charge in [-0.2, -0.15) is 0 Å². The highest BCUT2D eigenvalue weighted by molar-refractivity contribution is 5.64. The van der Waals surface area contributed by atoms with Gasteiger partial charge in [0.2, 0.25) is 0 Å². The van der Waals surface area contributed by atoms with E-state index in [0.717, 1.165) is 56.3 Å². The van der Waals surface area contributed by atoms with Gasteiger partial charge in [-0.1, -0.05) is 132 Å². The van der Waals surface area contributed by atoms with Crippen molar-refractivity contribution >= 4 is 5.57 Å². The van der Waals surface area contributed by atoms with E-state index in [1.807, 2.05) is 0 Å². The average molecular weight is 633 g/mol. The van der Waals surface area contributed by atoms with E-state index in [9.17, 15) is 0 Å². The summed E-state index contributed by atoms with van der Waals surface area (Å²) in [7, 11) is 0. The minimum absolute atomic E-state index is 0.285. The summed E-state index contributed by atoms with van der Waals surface area (Å²) in [5.41, 5.74) is 6.75. The van der Waals surface area contributed by atoms with Gasteiger partial charge >= 0.3 is 0 Å². The highest BCUT2D eigenvalue weighted by atomic mass is 16.5. The molecule has 0 spiro atoms. The lowest BCUT2D eigenvalue weighted by molar-refractivity contribution is 0.0988. The molecule has 3 aliphatic rings. The predicted octanol–water partition coefficient (Wildman–Crippen LogP) is 10.9. The maximum atomic E-state index is 6.35. The highest BCUT2D eigenvalue weighted by Crippen LogP contribution is 2.29. The van der Waals surface area contributed by atoms with Crippen LogP contribution in [0, 0.1) is 0 Å². The van der Waals surface area contributed by atoms with Gasteiger partial charge in [0.1, 0.15) is 11.9 Å². The molecule has 47 heavy (non-hydrogen) atoms. The summed E-state index contributed by atoms with van der Waals surface area (Å²) in [5, 5.41) is 0. The Balaban J connectivity index is 0.000000258. The van der Waals surface area contributed by atoms with E-state index < -0.39 is 0 Å². The van der Waals surface area contributed by atoms with Crippen molar-refractivity contribution in [2.75, 3.05) is 32.7 Å². The van der Waals surface area contributed by atoms with Crippen molar-refractivity contribution in [1.82, 2.24) is 9.80 Å². The fraction of sp³-hybridized carbons (Fsp3) is 0.455. The Morgan fingerprint density at radius 1 is 0.809 bits per heavy atom. The molecule has 252 valence electrons. The molecule has 0 radical (unpaired) electrons. The summed E-state index contributed by atoms with van der Waals surface area (Å²) >= 11 is 0. The summed E-state index contributed by atoms with van der Waals surface area (Å²) in [5.74, 6) is 1.37. The SMILES string of the molecule is C=C(CC)c1cccc(OC2CCN(CC(c3ccccc3)c3ccccc3)CC2)c1.CCC.CCC(C1=CC=CC1)N1CCCC1. The number of benzene rings is 3. The highest BCUT2D eigenvalue weighted by Gasteiger charge is 2.25. The van der Waals surface area contributed by atoms with Crippen LogP contribution in [0.4, 0.5) is 0 Å². The standard InChI is InChI=1S/C29H33NO.C12H19N.C3H8/c1-3-23(2)26-15-10-16-28(21-26)31-27-17-19-30(20-18-27)22-29(24-11-6-4-7-12-24)25-13-8-5-9-14-25;1-2-12(11-7-3-4-8-11)13-9-5-6-10-13;1-3-2/h4-16,21,27,29H,2-3,17-20,22H2,1H3;3-4,7,12H,2,5-6,8-10H2,1H3;3H2,1-2H3.